The lowest BCUT2D eigenvalue weighted by atomic mass is 10.1. The van der Waals surface area contributed by atoms with Gasteiger partial charge in [0.15, 0.2) is 5.78 Å². The number of hydrogen-bond acceptors (Lipinski definition) is 2. The molecule has 0 saturated carbocycles. The van der Waals surface area contributed by atoms with E-state index in [0.29, 0.717) is 0 Å². The zero-order valence-corrected chi connectivity index (χ0v) is 8.70. The fourth-order valence-electron chi connectivity index (χ4n) is 1.12. The second-order valence-electron chi connectivity index (χ2n) is 3.13. The van der Waals surface area contributed by atoms with E-state index in [1.165, 1.54) is 0 Å². The summed E-state index contributed by atoms with van der Waals surface area (Å²) in [4.78, 5) is 11.0. The first-order valence-corrected chi connectivity index (χ1v) is 4.47. The lowest BCUT2D eigenvalue weighted by molar-refractivity contribution is -0.113. The molecule has 0 unspecified atom stereocenters. The van der Waals surface area contributed by atoms with Crippen molar-refractivity contribution in [1.82, 2.24) is 0 Å². The van der Waals surface area contributed by atoms with Crippen molar-refractivity contribution in [3.05, 3.63) is 35.4 Å². The molecule has 2 heteroatoms. The first kappa shape index (κ1) is 10.5. The number of rotatable bonds is 3. The second-order valence-corrected chi connectivity index (χ2v) is 3.13. The predicted molar refractivity (Wildman–Crippen MR) is 57.3 cm³/mol. The maximum absolute atomic E-state index is 11.0. The van der Waals surface area contributed by atoms with Crippen LogP contribution in [0.25, 0.3) is 6.08 Å². The third-order valence-corrected chi connectivity index (χ3v) is 2.07. The van der Waals surface area contributed by atoms with Gasteiger partial charge in [0.2, 0.25) is 0 Å². The van der Waals surface area contributed by atoms with Crippen LogP contribution in [0.15, 0.2) is 29.8 Å². The van der Waals surface area contributed by atoms with Crippen molar-refractivity contribution in [2.75, 3.05) is 7.11 Å². The Morgan fingerprint density at radius 3 is 2.50 bits per heavy atom. The summed E-state index contributed by atoms with van der Waals surface area (Å²) < 4.78 is 5.17. The van der Waals surface area contributed by atoms with E-state index in [2.05, 4.69) is 0 Å². The Bertz CT molecular complexity index is 364. The number of allylic oxidation sites excluding steroid dienone is 1. The molecule has 0 aliphatic rings. The molecule has 1 aromatic carbocycles. The molecule has 2 nitrogen and oxygen atoms in total. The molecule has 0 N–H and O–H groups in total. The maximum atomic E-state index is 11.0. The van der Waals surface area contributed by atoms with Gasteiger partial charge in [0.25, 0.3) is 0 Å². The Labute approximate surface area is 84.2 Å². The highest BCUT2D eigenvalue weighted by molar-refractivity contribution is 5.97. The highest BCUT2D eigenvalue weighted by Crippen LogP contribution is 2.20. The summed E-state index contributed by atoms with van der Waals surface area (Å²) in [7, 11) is 1.62. The van der Waals surface area contributed by atoms with Gasteiger partial charge in [0, 0.05) is 5.56 Å². The Balaban J connectivity index is 3.07. The molecular formula is C12H14O2. The number of carbonyl (C=O) groups is 1. The molecule has 1 aromatic rings. The van der Waals surface area contributed by atoms with Crippen molar-refractivity contribution < 1.29 is 9.53 Å². The number of Topliss-reactive ketones (excluding diaryl/α,β-unsaturated/α-hetero) is 1. The summed E-state index contributed by atoms with van der Waals surface area (Å²) in [5, 5.41) is 0. The number of carbonyl (C=O) groups excluding carboxylic acids is 1. The lowest BCUT2D eigenvalue weighted by Gasteiger charge is -2.04. The lowest BCUT2D eigenvalue weighted by Crippen LogP contribution is -1.92. The highest BCUT2D eigenvalue weighted by Gasteiger charge is 2.01. The fourth-order valence-corrected chi connectivity index (χ4v) is 1.12. The van der Waals surface area contributed by atoms with Crippen molar-refractivity contribution in [3.63, 3.8) is 0 Å². The van der Waals surface area contributed by atoms with Crippen LogP contribution in [-0.4, -0.2) is 12.9 Å². The van der Waals surface area contributed by atoms with E-state index in [-0.39, 0.29) is 5.78 Å². The van der Waals surface area contributed by atoms with Crippen LogP contribution < -0.4 is 4.74 Å². The van der Waals surface area contributed by atoms with Crippen molar-refractivity contribution in [1.29, 1.82) is 0 Å². The summed E-state index contributed by atoms with van der Waals surface area (Å²) in [6.07, 6.45) is 1.83. The monoisotopic (exact) mass is 190 g/mol. The Kier molecular flexibility index (Phi) is 3.46. The van der Waals surface area contributed by atoms with Crippen LogP contribution in [0.5, 0.6) is 5.75 Å². The van der Waals surface area contributed by atoms with Crippen LogP contribution in [0, 0.1) is 0 Å². The molecule has 0 radical (unpaired) electrons. The van der Waals surface area contributed by atoms with E-state index in [1.54, 1.807) is 21.0 Å². The number of benzene rings is 1. The van der Waals surface area contributed by atoms with E-state index >= 15 is 0 Å². The van der Waals surface area contributed by atoms with Crippen molar-refractivity contribution in [2.24, 2.45) is 0 Å². The zero-order valence-electron chi connectivity index (χ0n) is 8.70. The van der Waals surface area contributed by atoms with E-state index in [0.717, 1.165) is 16.9 Å². The van der Waals surface area contributed by atoms with Crippen LogP contribution in [0.2, 0.25) is 0 Å². The molecule has 0 amide bonds. The summed E-state index contributed by atoms with van der Waals surface area (Å²) in [6.45, 7) is 3.36. The minimum absolute atomic E-state index is 0.0795. The molecule has 0 aliphatic heterocycles. The predicted octanol–water partition coefficient (Wildman–Crippen LogP) is 2.69. The molecule has 0 fully saturated rings. The highest BCUT2D eigenvalue weighted by atomic mass is 16.5. The number of ether oxygens (including phenoxy) is 1. The number of ketones is 1. The van der Waals surface area contributed by atoms with E-state index in [9.17, 15) is 4.79 Å². The summed E-state index contributed by atoms with van der Waals surface area (Å²) in [5.41, 5.74) is 1.66. The average Bonchev–Trinajstić information content (AvgIpc) is 2.18. The van der Waals surface area contributed by atoms with Gasteiger partial charge in [-0.05, 0) is 31.6 Å². The largest absolute Gasteiger partial charge is 0.496 e. The van der Waals surface area contributed by atoms with Gasteiger partial charge < -0.3 is 4.74 Å². The Hall–Kier alpha value is -1.57. The molecule has 0 atom stereocenters. The van der Waals surface area contributed by atoms with Gasteiger partial charge >= 0.3 is 0 Å². The molecule has 0 saturated heterocycles. The Morgan fingerprint density at radius 1 is 1.29 bits per heavy atom. The third-order valence-electron chi connectivity index (χ3n) is 2.07. The van der Waals surface area contributed by atoms with Crippen LogP contribution in [0.3, 0.4) is 0 Å². The van der Waals surface area contributed by atoms with Gasteiger partial charge in [-0.2, -0.15) is 0 Å². The number of methoxy groups -OCH3 is 1. The summed E-state index contributed by atoms with van der Waals surface area (Å²) >= 11 is 0. The van der Waals surface area contributed by atoms with Crippen LogP contribution >= 0.6 is 0 Å². The fraction of sp³-hybridized carbons (Fsp3) is 0.250. The van der Waals surface area contributed by atoms with E-state index < -0.39 is 0 Å². The molecule has 0 spiro atoms. The molecule has 14 heavy (non-hydrogen) atoms. The minimum Gasteiger partial charge on any atom is -0.496 e. The quantitative estimate of drug-likeness (QED) is 0.685. The standard InChI is InChI=1S/C12H14O2/c1-9(10(2)13)8-11-6-4-5-7-12(11)14-3/h4-8H,1-3H3/b9-8-. The van der Waals surface area contributed by atoms with Gasteiger partial charge in [-0.25, -0.2) is 0 Å². The molecule has 0 aromatic heterocycles. The van der Waals surface area contributed by atoms with E-state index in [4.69, 9.17) is 4.74 Å². The van der Waals surface area contributed by atoms with Crippen LogP contribution in [0.4, 0.5) is 0 Å². The smallest absolute Gasteiger partial charge is 0.155 e. The summed E-state index contributed by atoms with van der Waals surface area (Å²) in [6, 6.07) is 7.62. The molecular weight excluding hydrogens is 176 g/mol. The molecule has 0 aliphatic carbocycles. The van der Waals surface area contributed by atoms with E-state index in [1.807, 2.05) is 30.3 Å². The number of para-hydroxylation sites is 1. The summed E-state index contributed by atoms with van der Waals surface area (Å²) in [5.74, 6) is 0.865. The molecule has 0 bridgehead atoms. The second kappa shape index (κ2) is 4.61. The molecule has 1 rings (SSSR count). The van der Waals surface area contributed by atoms with Gasteiger partial charge in [-0.15, -0.1) is 0 Å². The number of hydrogen-bond donors (Lipinski definition) is 0. The SMILES string of the molecule is COc1ccccc1/C=C(/C)C(C)=O. The first-order valence-electron chi connectivity index (χ1n) is 4.47. The van der Waals surface area contributed by atoms with Gasteiger partial charge in [0.1, 0.15) is 5.75 Å². The van der Waals surface area contributed by atoms with Gasteiger partial charge in [-0.1, -0.05) is 18.2 Å². The molecule has 0 heterocycles. The van der Waals surface area contributed by atoms with Gasteiger partial charge in [-0.3, -0.25) is 4.79 Å². The van der Waals surface area contributed by atoms with Crippen LogP contribution in [0.1, 0.15) is 19.4 Å². The zero-order chi connectivity index (χ0) is 10.6. The van der Waals surface area contributed by atoms with Crippen LogP contribution in [-0.2, 0) is 4.79 Å². The average molecular weight is 190 g/mol. The normalized spacial score (nSPS) is 11.2. The van der Waals surface area contributed by atoms with Crippen molar-refractivity contribution in [3.8, 4) is 5.75 Å². The maximum Gasteiger partial charge on any atom is 0.155 e. The minimum atomic E-state index is 0.0795. The van der Waals surface area contributed by atoms with Crippen molar-refractivity contribution >= 4 is 11.9 Å². The van der Waals surface area contributed by atoms with Crippen molar-refractivity contribution in [2.45, 2.75) is 13.8 Å². The Morgan fingerprint density at radius 2 is 1.93 bits per heavy atom. The topological polar surface area (TPSA) is 26.3 Å². The first-order chi connectivity index (χ1) is 6.65. The molecule has 74 valence electrons. The van der Waals surface area contributed by atoms with Gasteiger partial charge in [0.05, 0.1) is 7.11 Å². The third kappa shape index (κ3) is 2.46.